The van der Waals surface area contributed by atoms with Crippen molar-refractivity contribution in [3.63, 3.8) is 0 Å². The Morgan fingerprint density at radius 2 is 0.782 bits per heavy atom. The minimum Gasteiger partial charge on any atom is -0.497 e. The van der Waals surface area contributed by atoms with Crippen LogP contribution in [0, 0.1) is 0 Å². The number of aromatic nitrogens is 6. The van der Waals surface area contributed by atoms with Gasteiger partial charge in [-0.05, 0) is 98.9 Å². The molecule has 470 valence electrons. The van der Waals surface area contributed by atoms with E-state index >= 15 is 19.2 Å². The van der Waals surface area contributed by atoms with Gasteiger partial charge >= 0.3 is 11.9 Å². The van der Waals surface area contributed by atoms with Gasteiger partial charge in [-0.1, -0.05) is 152 Å². The summed E-state index contributed by atoms with van der Waals surface area (Å²) in [6, 6.07) is 14.0. The molecule has 87 heavy (non-hydrogen) atoms. The van der Waals surface area contributed by atoms with Gasteiger partial charge in [-0.2, -0.15) is 0 Å². The molecule has 0 saturated carbocycles. The van der Waals surface area contributed by atoms with Crippen molar-refractivity contribution in [2.75, 3.05) is 27.3 Å². The molecule has 18 heteroatoms. The van der Waals surface area contributed by atoms with Crippen molar-refractivity contribution >= 4 is 23.8 Å². The van der Waals surface area contributed by atoms with E-state index < -0.39 is 29.9 Å². The van der Waals surface area contributed by atoms with E-state index in [0.29, 0.717) is 72.5 Å². The van der Waals surface area contributed by atoms with Crippen LogP contribution in [0.25, 0.3) is 0 Å². The molecule has 2 amide bonds. The summed E-state index contributed by atoms with van der Waals surface area (Å²) < 4.78 is 42.8. The fourth-order valence-electron chi connectivity index (χ4n) is 13.4. The second-order valence-corrected chi connectivity index (χ2v) is 25.1. The topological polar surface area (TPSA) is 192 Å². The third-order valence-electron chi connectivity index (χ3n) is 18.4. The van der Waals surface area contributed by atoms with Crippen LogP contribution in [0.3, 0.4) is 0 Å². The predicted octanol–water partition coefficient (Wildman–Crippen LogP) is 13.4. The number of hydrogen-bond acceptors (Lipinski definition) is 14. The van der Waals surface area contributed by atoms with Gasteiger partial charge in [-0.3, -0.25) is 9.59 Å². The van der Waals surface area contributed by atoms with Crippen LogP contribution in [0.1, 0.15) is 247 Å². The summed E-state index contributed by atoms with van der Waals surface area (Å²) in [5, 5.41) is 18.3. The summed E-state index contributed by atoms with van der Waals surface area (Å²) in [4.78, 5) is 66.9. The van der Waals surface area contributed by atoms with Crippen molar-refractivity contribution in [1.82, 2.24) is 39.8 Å². The second kappa shape index (κ2) is 32.0. The van der Waals surface area contributed by atoms with E-state index in [1.54, 1.807) is 69.8 Å². The maximum absolute atomic E-state index is 16.2. The zero-order valence-corrected chi connectivity index (χ0v) is 52.0. The number of amides is 2. The number of fused-ring (bicyclic) bond motifs is 4. The lowest BCUT2D eigenvalue weighted by Crippen LogP contribution is -2.50. The number of rotatable bonds is 2. The molecule has 13 bridgehead atoms. The number of methoxy groups -OCH3 is 2. The first-order valence-electron chi connectivity index (χ1n) is 33.3. The largest absolute Gasteiger partial charge is 0.497 e. The summed E-state index contributed by atoms with van der Waals surface area (Å²) in [6.07, 6.45) is 32.8. The van der Waals surface area contributed by atoms with E-state index in [4.69, 9.17) is 28.4 Å². The number of hydrogen-bond donors (Lipinski definition) is 0. The van der Waals surface area contributed by atoms with Gasteiger partial charge in [0.1, 0.15) is 23.0 Å². The van der Waals surface area contributed by atoms with Crippen LogP contribution < -0.4 is 18.9 Å². The molecule has 2 aromatic heterocycles. The molecule has 11 rings (SSSR count). The lowest BCUT2D eigenvalue weighted by atomic mass is 9.97. The smallest absolute Gasteiger partial charge is 0.343 e. The molecule has 3 aromatic carbocycles. The maximum Gasteiger partial charge on any atom is 0.343 e. The predicted molar refractivity (Wildman–Crippen MR) is 330 cm³/mol. The Morgan fingerprint density at radius 3 is 1.16 bits per heavy atom. The molecule has 18 nitrogen and oxygen atoms in total. The normalized spacial score (nSPS) is 23.1. The van der Waals surface area contributed by atoms with Gasteiger partial charge in [-0.25, -0.2) is 19.0 Å². The van der Waals surface area contributed by atoms with E-state index in [1.165, 1.54) is 64.2 Å². The second-order valence-electron chi connectivity index (χ2n) is 25.1. The van der Waals surface area contributed by atoms with Gasteiger partial charge in [0.2, 0.25) is 0 Å². The van der Waals surface area contributed by atoms with Crippen LogP contribution in [0.15, 0.2) is 60.9 Å². The van der Waals surface area contributed by atoms with Gasteiger partial charge in [-0.15, -0.1) is 10.2 Å². The van der Waals surface area contributed by atoms with Crippen molar-refractivity contribution in [2.24, 2.45) is 0 Å². The first kappa shape index (κ1) is 63.4. The summed E-state index contributed by atoms with van der Waals surface area (Å²) >= 11 is 0. The molecule has 2 saturated heterocycles. The fraction of sp³-hybridized carbons (Fsp3) is 0.623. The monoisotopic (exact) mass is 1190 g/mol. The highest BCUT2D eigenvalue weighted by Crippen LogP contribution is 2.41. The quantitative estimate of drug-likeness (QED) is 0.120. The number of nitrogens with zero attached hydrogens (tertiary/aromatic N) is 8. The van der Waals surface area contributed by atoms with Crippen LogP contribution in [0.4, 0.5) is 0 Å². The van der Waals surface area contributed by atoms with Crippen molar-refractivity contribution in [3.8, 4) is 23.0 Å². The molecule has 6 aliphatic heterocycles. The van der Waals surface area contributed by atoms with Crippen molar-refractivity contribution in [1.29, 1.82) is 0 Å². The standard InChI is InChI=1S/C69H94N8O10/c1-82-57-35-33-51-45-74-39-29-23-15-13-11-9-7-5-3-4-6-8-10-12-14-16-24-30-40-75-46-52-34-36-58(83-2)44-62(52)85-68(81)60-42-53-47-76-49-55(70-72-76)31-25-19-17-21-27-37-69(86-63(65(74)78)64(87-69)66(75)79)38-28-22-18-20-26-32-56-50-77(73-71-56)48-54(60)41-59(53)67(80)84-61(51)43-57/h33-36,41-44,49-50,63-64H,3-32,37-40,45-48H2,1-2H3/t63-,64-,69?/m1/s1. The minimum atomic E-state index is -1.30. The molecular weight excluding hydrogens is 1100 g/mol. The van der Waals surface area contributed by atoms with Gasteiger partial charge in [0.15, 0.2) is 18.0 Å². The number of carbonyl (C=O) groups is 4. The fourth-order valence-corrected chi connectivity index (χ4v) is 13.4. The summed E-state index contributed by atoms with van der Waals surface area (Å²) in [7, 11) is 3.11. The van der Waals surface area contributed by atoms with Crippen molar-refractivity contribution in [3.05, 3.63) is 106 Å². The van der Waals surface area contributed by atoms with E-state index in [2.05, 4.69) is 20.6 Å². The zero-order chi connectivity index (χ0) is 60.2. The van der Waals surface area contributed by atoms with Crippen LogP contribution in [0.2, 0.25) is 0 Å². The third kappa shape index (κ3) is 17.6. The zero-order valence-electron chi connectivity index (χ0n) is 52.0. The highest BCUT2D eigenvalue weighted by molar-refractivity contribution is 5.98. The van der Waals surface area contributed by atoms with Crippen molar-refractivity contribution in [2.45, 2.75) is 250 Å². The summed E-state index contributed by atoms with van der Waals surface area (Å²) in [5.74, 6) is -2.09. The van der Waals surface area contributed by atoms with E-state index in [0.717, 1.165) is 127 Å². The SMILES string of the molecule is COc1ccc2c(c1)OC(=O)c1cc3c4cc1Cn1cc(nn1)CCCCCCCC1(CCCCCCCc5cn(nn5)C3)O[C@H]3C(=O)N(CCCCCCCCCCCCCCCCCCCCN(Cc5ccc(OC)cc5OC4=O)C(=O)[C@@H]3O1)C2. The van der Waals surface area contributed by atoms with Gasteiger partial charge in [0.25, 0.3) is 11.8 Å². The van der Waals surface area contributed by atoms with Gasteiger partial charge < -0.3 is 38.2 Å². The van der Waals surface area contributed by atoms with Crippen LogP contribution in [-0.2, 0) is 58.1 Å². The lowest BCUT2D eigenvalue weighted by molar-refractivity contribution is -0.193. The Hall–Kier alpha value is -6.66. The average Bonchev–Trinajstić information content (AvgIpc) is 2.52. The highest BCUT2D eigenvalue weighted by Gasteiger charge is 2.54. The highest BCUT2D eigenvalue weighted by atomic mass is 16.8. The Kier molecular flexibility index (Phi) is 23.3. The molecule has 0 radical (unpaired) electrons. The maximum atomic E-state index is 16.2. The number of aryl methyl sites for hydroxylation is 2. The van der Waals surface area contributed by atoms with Crippen molar-refractivity contribution < 1.29 is 47.6 Å². The summed E-state index contributed by atoms with van der Waals surface area (Å²) in [6.45, 7) is 0.943. The number of esters is 2. The Balaban J connectivity index is 1.17. The molecule has 0 aliphatic carbocycles. The molecular formula is C69H94N8O10. The first-order valence-corrected chi connectivity index (χ1v) is 33.3. The molecule has 2 fully saturated rings. The number of carbonyl (C=O) groups excluding carboxylic acids is 4. The van der Waals surface area contributed by atoms with Crippen LogP contribution in [0.5, 0.6) is 23.0 Å². The Labute approximate surface area is 514 Å². The third-order valence-corrected chi connectivity index (χ3v) is 18.4. The summed E-state index contributed by atoms with van der Waals surface area (Å²) in [5.41, 5.74) is 3.94. The van der Waals surface area contributed by atoms with E-state index in [-0.39, 0.29) is 60.6 Å². The Bertz CT molecular complexity index is 2860. The minimum absolute atomic E-state index is 0.0391. The molecule has 2 atom stereocenters. The average molecular weight is 1200 g/mol. The number of ether oxygens (including phenoxy) is 6. The molecule has 0 unspecified atom stereocenters. The van der Waals surface area contributed by atoms with E-state index in [9.17, 15) is 0 Å². The Morgan fingerprint density at radius 1 is 0.425 bits per heavy atom. The van der Waals surface area contributed by atoms with Crippen LogP contribution >= 0.6 is 0 Å². The molecule has 8 heterocycles. The van der Waals surface area contributed by atoms with E-state index in [1.807, 2.05) is 24.5 Å². The molecule has 1 spiro atoms. The molecule has 0 N–H and O–H groups in total. The van der Waals surface area contributed by atoms with Gasteiger partial charge in [0, 0.05) is 74.7 Å². The molecule has 6 aliphatic rings. The van der Waals surface area contributed by atoms with Gasteiger partial charge in [0.05, 0.1) is 49.8 Å². The van der Waals surface area contributed by atoms with Crippen LogP contribution in [-0.4, -0.2) is 109 Å². The number of benzene rings is 3. The lowest BCUT2D eigenvalue weighted by Gasteiger charge is -2.30. The first-order chi connectivity index (χ1) is 42.6. The molecule has 5 aromatic rings.